The zero-order chi connectivity index (χ0) is 8.97. The van der Waals surface area contributed by atoms with E-state index in [1.54, 1.807) is 0 Å². The van der Waals surface area contributed by atoms with Crippen LogP contribution >= 0.6 is 0 Å². The van der Waals surface area contributed by atoms with Crippen molar-refractivity contribution in [2.75, 3.05) is 11.9 Å². The van der Waals surface area contributed by atoms with Gasteiger partial charge in [-0.1, -0.05) is 5.92 Å². The summed E-state index contributed by atoms with van der Waals surface area (Å²) in [6.07, 6.45) is 4.96. The van der Waals surface area contributed by atoms with Crippen LogP contribution in [0.3, 0.4) is 0 Å². The number of hydrogen-bond acceptors (Lipinski definition) is 3. The summed E-state index contributed by atoms with van der Waals surface area (Å²) in [4.78, 5) is 25.8. The van der Waals surface area contributed by atoms with E-state index >= 15 is 0 Å². The second-order valence-corrected chi connectivity index (χ2v) is 2.06. The molecule has 0 spiro atoms. The van der Waals surface area contributed by atoms with Gasteiger partial charge >= 0.3 is 5.69 Å². The van der Waals surface area contributed by atoms with Gasteiger partial charge in [0, 0.05) is 6.07 Å². The summed E-state index contributed by atoms with van der Waals surface area (Å²) in [5.74, 6) is 2.63. The Morgan fingerprint density at radius 3 is 2.83 bits per heavy atom. The fourth-order valence-corrected chi connectivity index (χ4v) is 0.710. The van der Waals surface area contributed by atoms with Crippen LogP contribution in [0.5, 0.6) is 0 Å². The highest BCUT2D eigenvalue weighted by molar-refractivity contribution is 5.33. The van der Waals surface area contributed by atoms with Crippen molar-refractivity contribution < 1.29 is 0 Å². The number of aromatic nitrogens is 2. The van der Waals surface area contributed by atoms with Gasteiger partial charge in [0.15, 0.2) is 0 Å². The molecule has 1 aromatic rings. The van der Waals surface area contributed by atoms with Crippen molar-refractivity contribution in [3.63, 3.8) is 0 Å². The molecule has 0 amide bonds. The summed E-state index contributed by atoms with van der Waals surface area (Å²) in [5.41, 5.74) is -1.01. The predicted octanol–water partition coefficient (Wildman–Crippen LogP) is -0.892. The van der Waals surface area contributed by atoms with E-state index in [2.05, 4.69) is 16.2 Å². The Labute approximate surface area is 67.8 Å². The molecule has 0 atom stereocenters. The van der Waals surface area contributed by atoms with E-state index in [4.69, 9.17) is 6.42 Å². The van der Waals surface area contributed by atoms with Crippen molar-refractivity contribution in [3.8, 4) is 12.3 Å². The molecule has 0 bridgehead atoms. The molecule has 3 N–H and O–H groups in total. The van der Waals surface area contributed by atoms with Crippen LogP contribution in [0.4, 0.5) is 5.82 Å². The van der Waals surface area contributed by atoms with Gasteiger partial charge < -0.3 is 5.32 Å². The lowest BCUT2D eigenvalue weighted by Gasteiger charge is -1.98. The first-order valence-corrected chi connectivity index (χ1v) is 3.23. The molecule has 0 aliphatic carbocycles. The third-order valence-corrected chi connectivity index (χ3v) is 1.14. The fourth-order valence-electron chi connectivity index (χ4n) is 0.710. The average Bonchev–Trinajstić information content (AvgIpc) is 1.99. The Bertz CT molecular complexity index is 381. The summed E-state index contributed by atoms with van der Waals surface area (Å²) in [5, 5.41) is 2.66. The van der Waals surface area contributed by atoms with E-state index in [1.165, 1.54) is 6.07 Å². The smallest absolute Gasteiger partial charge is 0.327 e. The van der Waals surface area contributed by atoms with Crippen LogP contribution < -0.4 is 16.6 Å². The lowest BCUT2D eigenvalue weighted by atomic mass is 10.5. The van der Waals surface area contributed by atoms with Gasteiger partial charge in [0.05, 0.1) is 6.54 Å². The molecule has 0 saturated heterocycles. The first kappa shape index (κ1) is 8.14. The van der Waals surface area contributed by atoms with Crippen LogP contribution in [0.25, 0.3) is 0 Å². The van der Waals surface area contributed by atoms with Gasteiger partial charge in [0.2, 0.25) is 0 Å². The molecule has 0 saturated carbocycles. The molecular weight excluding hydrogens is 158 g/mol. The van der Waals surface area contributed by atoms with E-state index in [9.17, 15) is 9.59 Å². The van der Waals surface area contributed by atoms with Crippen LogP contribution in [-0.4, -0.2) is 16.5 Å². The molecule has 12 heavy (non-hydrogen) atoms. The first-order valence-electron chi connectivity index (χ1n) is 3.23. The minimum absolute atomic E-state index is 0.263. The molecule has 0 fully saturated rings. The Kier molecular flexibility index (Phi) is 2.33. The predicted molar refractivity (Wildman–Crippen MR) is 45.0 cm³/mol. The highest BCUT2D eigenvalue weighted by Gasteiger charge is 1.92. The second kappa shape index (κ2) is 3.44. The van der Waals surface area contributed by atoms with Crippen LogP contribution in [-0.2, 0) is 0 Å². The Hall–Kier alpha value is -1.96. The van der Waals surface area contributed by atoms with Crippen LogP contribution in [0.15, 0.2) is 15.7 Å². The quantitative estimate of drug-likeness (QED) is 0.497. The normalized spacial score (nSPS) is 8.92. The van der Waals surface area contributed by atoms with Gasteiger partial charge in [0.1, 0.15) is 5.82 Å². The highest BCUT2D eigenvalue weighted by atomic mass is 16.2. The fraction of sp³-hybridized carbons (Fsp3) is 0.143. The highest BCUT2D eigenvalue weighted by Crippen LogP contribution is 1.89. The van der Waals surface area contributed by atoms with Crippen molar-refractivity contribution >= 4 is 5.82 Å². The van der Waals surface area contributed by atoms with Crippen LogP contribution in [0.1, 0.15) is 0 Å². The first-order chi connectivity index (χ1) is 5.72. The van der Waals surface area contributed by atoms with Crippen molar-refractivity contribution in [2.24, 2.45) is 0 Å². The minimum atomic E-state index is -0.554. The third-order valence-electron chi connectivity index (χ3n) is 1.14. The Morgan fingerprint density at radius 2 is 2.25 bits per heavy atom. The lowest BCUT2D eigenvalue weighted by Crippen LogP contribution is -2.22. The van der Waals surface area contributed by atoms with E-state index in [0.29, 0.717) is 5.82 Å². The van der Waals surface area contributed by atoms with E-state index < -0.39 is 11.2 Å². The van der Waals surface area contributed by atoms with E-state index in [-0.39, 0.29) is 6.54 Å². The molecule has 0 radical (unpaired) electrons. The molecule has 0 aliphatic rings. The molecule has 0 unspecified atom stereocenters. The lowest BCUT2D eigenvalue weighted by molar-refractivity contribution is 1.03. The Balaban J connectivity index is 2.95. The van der Waals surface area contributed by atoms with Gasteiger partial charge in [-0.3, -0.25) is 14.8 Å². The molecule has 0 aliphatic heterocycles. The Morgan fingerprint density at radius 1 is 1.50 bits per heavy atom. The molecule has 1 heterocycles. The van der Waals surface area contributed by atoms with Gasteiger partial charge in [-0.05, 0) is 0 Å². The second-order valence-electron chi connectivity index (χ2n) is 2.06. The van der Waals surface area contributed by atoms with Gasteiger partial charge in [0.25, 0.3) is 5.56 Å². The topological polar surface area (TPSA) is 77.8 Å². The van der Waals surface area contributed by atoms with E-state index in [1.807, 2.05) is 4.98 Å². The van der Waals surface area contributed by atoms with Crippen LogP contribution in [0, 0.1) is 12.3 Å². The number of hydrogen-bond donors (Lipinski definition) is 3. The standard InChI is InChI=1S/C7H7N3O2/c1-2-3-8-5-4-6(11)10-7(12)9-5/h1,4H,3H2,(H3,8,9,10,11,12). The summed E-state index contributed by atoms with van der Waals surface area (Å²) in [6, 6.07) is 1.22. The molecule has 5 nitrogen and oxygen atoms in total. The van der Waals surface area contributed by atoms with Gasteiger partial charge in [-0.25, -0.2) is 4.79 Å². The van der Waals surface area contributed by atoms with Crippen molar-refractivity contribution in [1.82, 2.24) is 9.97 Å². The number of anilines is 1. The summed E-state index contributed by atoms with van der Waals surface area (Å²) < 4.78 is 0. The van der Waals surface area contributed by atoms with Crippen molar-refractivity contribution in [1.29, 1.82) is 0 Å². The molecule has 62 valence electrons. The van der Waals surface area contributed by atoms with Gasteiger partial charge in [-0.15, -0.1) is 6.42 Å². The summed E-state index contributed by atoms with van der Waals surface area (Å²) in [6.45, 7) is 0.263. The zero-order valence-electron chi connectivity index (χ0n) is 6.18. The summed E-state index contributed by atoms with van der Waals surface area (Å²) in [7, 11) is 0. The maximum Gasteiger partial charge on any atom is 0.327 e. The zero-order valence-corrected chi connectivity index (χ0v) is 6.18. The maximum absolute atomic E-state index is 10.7. The molecule has 5 heteroatoms. The number of nitrogens with one attached hydrogen (secondary N) is 3. The average molecular weight is 165 g/mol. The SMILES string of the molecule is C#CCNc1cc(=O)[nH]c(=O)[nH]1. The number of rotatable bonds is 2. The molecule has 1 rings (SSSR count). The maximum atomic E-state index is 10.7. The van der Waals surface area contributed by atoms with E-state index in [0.717, 1.165) is 0 Å². The van der Waals surface area contributed by atoms with Crippen molar-refractivity contribution in [3.05, 3.63) is 26.9 Å². The number of H-pyrrole nitrogens is 2. The van der Waals surface area contributed by atoms with Crippen LogP contribution in [0.2, 0.25) is 0 Å². The van der Waals surface area contributed by atoms with Gasteiger partial charge in [-0.2, -0.15) is 0 Å². The third kappa shape index (κ3) is 2.02. The number of terminal acetylenes is 1. The van der Waals surface area contributed by atoms with Crippen molar-refractivity contribution in [2.45, 2.75) is 0 Å². The molecular formula is C7H7N3O2. The molecule has 1 aromatic heterocycles. The molecule has 0 aromatic carbocycles. The monoisotopic (exact) mass is 165 g/mol. The largest absolute Gasteiger partial charge is 0.360 e. The number of aromatic amines is 2. The minimum Gasteiger partial charge on any atom is -0.360 e. The summed E-state index contributed by atoms with van der Waals surface area (Å²) >= 11 is 0.